The summed E-state index contributed by atoms with van der Waals surface area (Å²) >= 11 is 0. The summed E-state index contributed by atoms with van der Waals surface area (Å²) < 4.78 is 51.5. The summed E-state index contributed by atoms with van der Waals surface area (Å²) in [5.74, 6) is 0.0554. The number of hydrogen-bond acceptors (Lipinski definition) is 9. The fraction of sp³-hybridized carbons (Fsp3) is 0.310. The SMILES string of the molecule is CCC(COC(=O)c1cc(OC)c(OC)c(OC)c1)(c1ccccc1)N(C)C.NC(=O)c1cccc(S(=O)(=O)O)c1. The van der Waals surface area contributed by atoms with E-state index in [-0.39, 0.29) is 17.1 Å². The van der Waals surface area contributed by atoms with Gasteiger partial charge in [0.1, 0.15) is 6.61 Å². The van der Waals surface area contributed by atoms with Gasteiger partial charge in [0, 0.05) is 5.56 Å². The zero-order valence-electron chi connectivity index (χ0n) is 23.9. The molecule has 11 nitrogen and oxygen atoms in total. The number of nitrogens with zero attached hydrogens (tertiary/aromatic N) is 1. The van der Waals surface area contributed by atoms with Crippen LogP contribution < -0.4 is 19.9 Å². The standard InChI is InChI=1S/C22H29NO5.C7H7NO4S/c1-7-22(23(2)3,17-11-9-8-10-12-17)15-28-21(24)16-13-18(25-4)20(27-6)19(14-16)26-5;8-7(9)5-2-1-3-6(4-5)13(10,11)12/h8-14H,7,15H2,1-6H3;1-4H,(H2,8,9)(H,10,11,12). The van der Waals surface area contributed by atoms with Crippen LogP contribution >= 0.6 is 0 Å². The van der Waals surface area contributed by atoms with Crippen LogP contribution in [0.4, 0.5) is 0 Å². The van der Waals surface area contributed by atoms with Crippen molar-refractivity contribution >= 4 is 22.0 Å². The topological polar surface area (TPSA) is 155 Å². The Morgan fingerprint density at radius 1 is 0.878 bits per heavy atom. The Balaban J connectivity index is 0.000000377. The van der Waals surface area contributed by atoms with E-state index >= 15 is 0 Å². The minimum Gasteiger partial charge on any atom is -0.493 e. The number of carbonyl (C=O) groups excluding carboxylic acids is 2. The second-order valence-electron chi connectivity index (χ2n) is 9.00. The van der Waals surface area contributed by atoms with Crippen LogP contribution in [0.2, 0.25) is 0 Å². The van der Waals surface area contributed by atoms with Crippen molar-refractivity contribution in [1.29, 1.82) is 0 Å². The minimum atomic E-state index is -4.27. The number of nitrogens with two attached hydrogens (primary N) is 1. The van der Waals surface area contributed by atoms with E-state index in [9.17, 15) is 18.0 Å². The van der Waals surface area contributed by atoms with Crippen molar-refractivity contribution in [2.45, 2.75) is 23.8 Å². The quantitative estimate of drug-likeness (QED) is 0.250. The number of methoxy groups -OCH3 is 3. The highest BCUT2D eigenvalue weighted by atomic mass is 32.2. The van der Waals surface area contributed by atoms with Crippen molar-refractivity contribution in [3.05, 3.63) is 83.4 Å². The molecule has 0 aliphatic carbocycles. The molecule has 0 spiro atoms. The fourth-order valence-electron chi connectivity index (χ4n) is 4.12. The van der Waals surface area contributed by atoms with Crippen LogP contribution in [0.3, 0.4) is 0 Å². The van der Waals surface area contributed by atoms with E-state index in [0.717, 1.165) is 18.1 Å². The highest BCUT2D eigenvalue weighted by molar-refractivity contribution is 7.85. The molecule has 1 unspecified atom stereocenters. The molecule has 1 atom stereocenters. The third-order valence-corrected chi connectivity index (χ3v) is 7.36. The molecule has 3 rings (SSSR count). The normalized spacial score (nSPS) is 12.4. The van der Waals surface area contributed by atoms with E-state index in [4.69, 9.17) is 29.2 Å². The average Bonchev–Trinajstić information content (AvgIpc) is 2.97. The molecular formula is C29H36N2O9S. The number of amides is 1. The van der Waals surface area contributed by atoms with Gasteiger partial charge in [-0.25, -0.2) is 4.79 Å². The molecule has 3 aromatic rings. The van der Waals surface area contributed by atoms with Crippen molar-refractivity contribution in [3.63, 3.8) is 0 Å². The molecule has 0 fully saturated rings. The van der Waals surface area contributed by atoms with Gasteiger partial charge in [0.05, 0.1) is 37.3 Å². The largest absolute Gasteiger partial charge is 0.493 e. The summed E-state index contributed by atoms with van der Waals surface area (Å²) in [5, 5.41) is 0. The smallest absolute Gasteiger partial charge is 0.338 e. The van der Waals surface area contributed by atoms with Crippen LogP contribution in [0.1, 0.15) is 39.6 Å². The lowest BCUT2D eigenvalue weighted by atomic mass is 9.87. The first kappa shape index (κ1) is 33.1. The first-order valence-corrected chi connectivity index (χ1v) is 13.9. The minimum absolute atomic E-state index is 0.0372. The highest BCUT2D eigenvalue weighted by Crippen LogP contribution is 2.38. The molecule has 0 saturated carbocycles. The van der Waals surface area contributed by atoms with Gasteiger partial charge in [0.25, 0.3) is 10.1 Å². The molecule has 222 valence electrons. The Hall–Kier alpha value is -4.13. The summed E-state index contributed by atoms with van der Waals surface area (Å²) in [6.07, 6.45) is 0.784. The Morgan fingerprint density at radius 2 is 1.46 bits per heavy atom. The summed E-state index contributed by atoms with van der Waals surface area (Å²) in [6.45, 7) is 2.30. The molecule has 0 aliphatic heterocycles. The third kappa shape index (κ3) is 8.19. The summed E-state index contributed by atoms with van der Waals surface area (Å²) in [4.78, 5) is 25.2. The monoisotopic (exact) mass is 588 g/mol. The molecule has 0 heterocycles. The molecular weight excluding hydrogens is 552 g/mol. The Kier molecular flexibility index (Phi) is 11.7. The van der Waals surface area contributed by atoms with E-state index in [1.165, 1.54) is 39.5 Å². The number of benzene rings is 3. The molecule has 0 radical (unpaired) electrons. The second-order valence-corrected chi connectivity index (χ2v) is 10.4. The van der Waals surface area contributed by atoms with Crippen LogP contribution in [0.5, 0.6) is 17.2 Å². The number of carbonyl (C=O) groups is 2. The van der Waals surface area contributed by atoms with Gasteiger partial charge >= 0.3 is 5.97 Å². The van der Waals surface area contributed by atoms with Gasteiger partial charge in [0.2, 0.25) is 11.7 Å². The first-order chi connectivity index (χ1) is 19.3. The van der Waals surface area contributed by atoms with Crippen LogP contribution in [-0.4, -0.2) is 71.8 Å². The van der Waals surface area contributed by atoms with Crippen molar-refractivity contribution in [3.8, 4) is 17.2 Å². The van der Waals surface area contributed by atoms with Gasteiger partial charge in [-0.15, -0.1) is 0 Å². The molecule has 0 aromatic heterocycles. The van der Waals surface area contributed by atoms with Crippen LogP contribution in [0, 0.1) is 0 Å². The van der Waals surface area contributed by atoms with Crippen molar-refractivity contribution in [2.75, 3.05) is 42.0 Å². The van der Waals surface area contributed by atoms with Gasteiger partial charge in [-0.1, -0.05) is 43.3 Å². The molecule has 0 saturated heterocycles. The summed E-state index contributed by atoms with van der Waals surface area (Å²) in [6, 6.07) is 18.1. The maximum atomic E-state index is 12.8. The lowest BCUT2D eigenvalue weighted by molar-refractivity contribution is 0.0119. The Bertz CT molecular complexity index is 1420. The fourth-order valence-corrected chi connectivity index (χ4v) is 4.64. The highest BCUT2D eigenvalue weighted by Gasteiger charge is 2.35. The first-order valence-electron chi connectivity index (χ1n) is 12.4. The molecule has 1 amide bonds. The lowest BCUT2D eigenvalue weighted by Crippen LogP contribution is -2.45. The molecule has 3 N–H and O–H groups in total. The van der Waals surface area contributed by atoms with Gasteiger partial charge < -0.3 is 24.7 Å². The lowest BCUT2D eigenvalue weighted by Gasteiger charge is -2.39. The van der Waals surface area contributed by atoms with E-state index < -0.39 is 27.5 Å². The van der Waals surface area contributed by atoms with E-state index in [1.54, 1.807) is 12.1 Å². The number of hydrogen-bond donors (Lipinski definition) is 2. The number of rotatable bonds is 11. The third-order valence-electron chi connectivity index (χ3n) is 6.51. The predicted molar refractivity (Wildman–Crippen MR) is 153 cm³/mol. The van der Waals surface area contributed by atoms with Gasteiger partial charge in [-0.05, 0) is 56.4 Å². The Morgan fingerprint density at radius 3 is 1.90 bits per heavy atom. The van der Waals surface area contributed by atoms with Crippen molar-refractivity contribution < 1.29 is 41.5 Å². The number of likely N-dealkylation sites (N-methyl/N-ethyl adjacent to an activating group) is 1. The van der Waals surface area contributed by atoms with E-state index in [2.05, 4.69) is 24.0 Å². The van der Waals surface area contributed by atoms with E-state index in [0.29, 0.717) is 22.8 Å². The molecule has 3 aromatic carbocycles. The van der Waals surface area contributed by atoms with Crippen LogP contribution in [-0.2, 0) is 20.4 Å². The van der Waals surface area contributed by atoms with Crippen molar-refractivity contribution in [2.24, 2.45) is 5.73 Å². The summed E-state index contributed by atoms with van der Waals surface area (Å²) in [7, 11) is 4.25. The van der Waals surface area contributed by atoms with Gasteiger partial charge in [-0.3, -0.25) is 14.2 Å². The van der Waals surface area contributed by atoms with Gasteiger partial charge in [0.15, 0.2) is 11.5 Å². The maximum Gasteiger partial charge on any atom is 0.338 e. The average molecular weight is 589 g/mol. The number of primary amides is 1. The summed E-state index contributed by atoms with van der Waals surface area (Å²) in [5.41, 5.74) is 5.97. The number of esters is 1. The van der Waals surface area contributed by atoms with Crippen molar-refractivity contribution in [1.82, 2.24) is 4.90 Å². The molecule has 0 bridgehead atoms. The molecule has 12 heteroatoms. The van der Waals surface area contributed by atoms with Crippen LogP contribution in [0.15, 0.2) is 71.6 Å². The molecule has 41 heavy (non-hydrogen) atoms. The van der Waals surface area contributed by atoms with E-state index in [1.807, 2.05) is 32.3 Å². The second kappa shape index (κ2) is 14.5. The zero-order chi connectivity index (χ0) is 30.8. The molecule has 0 aliphatic rings. The zero-order valence-corrected chi connectivity index (χ0v) is 24.7. The Labute approximate surface area is 240 Å². The maximum absolute atomic E-state index is 12.8. The predicted octanol–water partition coefficient (Wildman–Crippen LogP) is 3.77. The number of ether oxygens (including phenoxy) is 4. The van der Waals surface area contributed by atoms with Gasteiger partial charge in [-0.2, -0.15) is 8.42 Å². The van der Waals surface area contributed by atoms with Crippen LogP contribution in [0.25, 0.3) is 0 Å².